The highest BCUT2D eigenvalue weighted by atomic mass is 32.1. The van der Waals surface area contributed by atoms with Crippen molar-refractivity contribution in [2.24, 2.45) is 0 Å². The first-order valence-corrected chi connectivity index (χ1v) is 13.0. The number of hydrogen-bond donors (Lipinski definition) is 2. The van der Waals surface area contributed by atoms with Crippen LogP contribution in [0.3, 0.4) is 0 Å². The summed E-state index contributed by atoms with van der Waals surface area (Å²) in [5.74, 6) is 0.135. The molecule has 0 aliphatic carbocycles. The summed E-state index contributed by atoms with van der Waals surface area (Å²) in [6.07, 6.45) is 0.0770. The molecule has 196 valence electrons. The molecule has 4 aromatic rings. The minimum absolute atomic E-state index is 0.204. The Morgan fingerprint density at radius 1 is 1.18 bits per heavy atom. The zero-order valence-electron chi connectivity index (χ0n) is 21.0. The Balaban J connectivity index is 1.27. The van der Waals surface area contributed by atoms with Gasteiger partial charge in [-0.25, -0.2) is 9.89 Å². The van der Waals surface area contributed by atoms with Crippen LogP contribution in [0.4, 0.5) is 4.79 Å². The molecule has 2 aromatic heterocycles. The van der Waals surface area contributed by atoms with Crippen LogP contribution in [0.1, 0.15) is 39.0 Å². The highest BCUT2D eigenvalue weighted by Crippen LogP contribution is 2.29. The normalized spacial score (nSPS) is 17.3. The van der Waals surface area contributed by atoms with Gasteiger partial charge in [0.05, 0.1) is 18.7 Å². The second kappa shape index (κ2) is 11.0. The van der Waals surface area contributed by atoms with Gasteiger partial charge in [0, 0.05) is 41.2 Å². The lowest BCUT2D eigenvalue weighted by Crippen LogP contribution is -2.53. The number of benzene rings is 2. The monoisotopic (exact) mass is 533 g/mol. The number of aromatic nitrogens is 3. The highest BCUT2D eigenvalue weighted by molar-refractivity contribution is 7.08. The van der Waals surface area contributed by atoms with Crippen LogP contribution in [-0.2, 0) is 11.3 Å². The highest BCUT2D eigenvalue weighted by Gasteiger charge is 2.36. The van der Waals surface area contributed by atoms with Crippen LogP contribution in [0.25, 0.3) is 10.9 Å². The Morgan fingerprint density at radius 2 is 1.97 bits per heavy atom. The van der Waals surface area contributed by atoms with Gasteiger partial charge in [-0.1, -0.05) is 29.5 Å². The van der Waals surface area contributed by atoms with E-state index in [4.69, 9.17) is 9.47 Å². The molecule has 2 atom stereocenters. The van der Waals surface area contributed by atoms with Gasteiger partial charge in [0.15, 0.2) is 0 Å². The average Bonchev–Trinajstić information content (AvgIpc) is 3.37. The van der Waals surface area contributed by atoms with Crippen LogP contribution in [0.5, 0.6) is 5.75 Å². The molecular weight excluding hydrogens is 506 g/mol. The number of rotatable bonds is 6. The third kappa shape index (κ3) is 5.52. The van der Waals surface area contributed by atoms with E-state index in [-0.39, 0.29) is 23.2 Å². The summed E-state index contributed by atoms with van der Waals surface area (Å²) >= 11 is 1.01. The summed E-state index contributed by atoms with van der Waals surface area (Å²) in [6, 6.07) is 16.4. The van der Waals surface area contributed by atoms with Gasteiger partial charge in [-0.15, -0.1) is 0 Å². The minimum atomic E-state index is -0.461. The molecule has 38 heavy (non-hydrogen) atoms. The predicted molar refractivity (Wildman–Crippen MR) is 143 cm³/mol. The van der Waals surface area contributed by atoms with E-state index in [1.54, 1.807) is 29.2 Å². The molecule has 0 saturated carbocycles. The Morgan fingerprint density at radius 3 is 2.71 bits per heavy atom. The Bertz CT molecular complexity index is 1520. The zero-order chi connectivity index (χ0) is 26.6. The largest absolute Gasteiger partial charge is 0.489 e. The van der Waals surface area contributed by atoms with Crippen molar-refractivity contribution >= 4 is 34.2 Å². The number of aryl methyl sites for hydroxylation is 1. The zero-order valence-corrected chi connectivity index (χ0v) is 21.8. The van der Waals surface area contributed by atoms with Gasteiger partial charge >= 0.3 is 11.0 Å². The molecule has 2 unspecified atom stereocenters. The van der Waals surface area contributed by atoms with Crippen molar-refractivity contribution in [3.05, 3.63) is 86.1 Å². The summed E-state index contributed by atoms with van der Waals surface area (Å²) < 4.78 is 10.9. The lowest BCUT2D eigenvalue weighted by Gasteiger charge is -2.37. The number of H-pyrrole nitrogens is 1. The van der Waals surface area contributed by atoms with E-state index in [9.17, 15) is 14.4 Å². The van der Waals surface area contributed by atoms with Crippen LogP contribution in [0.2, 0.25) is 0 Å². The number of fused-ring (bicyclic) bond motifs is 1. The number of aromatic amines is 1. The molecule has 1 aliphatic heterocycles. The van der Waals surface area contributed by atoms with Crippen molar-refractivity contribution in [2.45, 2.75) is 31.9 Å². The molecule has 11 heteroatoms. The maximum absolute atomic E-state index is 13.1. The van der Waals surface area contributed by atoms with Crippen molar-refractivity contribution in [1.29, 1.82) is 0 Å². The van der Waals surface area contributed by atoms with Gasteiger partial charge < -0.3 is 19.7 Å². The number of amides is 2. The number of para-hydroxylation sites is 1. The summed E-state index contributed by atoms with van der Waals surface area (Å²) in [7, 11) is 1.32. The molecule has 1 aliphatic rings. The number of likely N-dealkylation sites (tertiary alicyclic amines) is 1. The molecule has 0 radical (unpaired) electrons. The fourth-order valence-electron chi connectivity index (χ4n) is 4.72. The van der Waals surface area contributed by atoms with Crippen molar-refractivity contribution in [1.82, 2.24) is 25.4 Å². The van der Waals surface area contributed by atoms with Gasteiger partial charge in [0.25, 0.3) is 5.91 Å². The third-order valence-corrected chi connectivity index (χ3v) is 7.45. The molecule has 3 heterocycles. The molecule has 10 nitrogen and oxygen atoms in total. The smallest absolute Gasteiger partial charge is 0.409 e. The molecule has 5 rings (SSSR count). The van der Waals surface area contributed by atoms with E-state index >= 15 is 0 Å². The van der Waals surface area contributed by atoms with Crippen molar-refractivity contribution in [3.63, 3.8) is 0 Å². The number of nitrogens with zero attached hydrogens (tertiary/aromatic N) is 3. The van der Waals surface area contributed by atoms with Gasteiger partial charge in [-0.05, 0) is 49.7 Å². The van der Waals surface area contributed by atoms with Crippen LogP contribution in [0, 0.1) is 6.92 Å². The average molecular weight is 534 g/mol. The second-order valence-electron chi connectivity index (χ2n) is 9.10. The number of carbonyl (C=O) groups excluding carboxylic acids is 2. The number of ether oxygens (including phenoxy) is 2. The summed E-state index contributed by atoms with van der Waals surface area (Å²) in [5.41, 5.74) is 3.33. The minimum Gasteiger partial charge on any atom is -0.489 e. The first-order valence-electron chi connectivity index (χ1n) is 12.2. The maximum Gasteiger partial charge on any atom is 0.409 e. The van der Waals surface area contributed by atoms with Gasteiger partial charge in [0.2, 0.25) is 0 Å². The summed E-state index contributed by atoms with van der Waals surface area (Å²) in [5, 5.41) is 11.2. The fourth-order valence-corrected chi connectivity index (χ4v) is 5.52. The van der Waals surface area contributed by atoms with Gasteiger partial charge in [-0.3, -0.25) is 14.6 Å². The SMILES string of the molecule is COC(=O)N1CCC(c2n[nH]c(=O)s2)C(NC(=O)c2ccc(OCc3cc(C)nc4ccccc34)cc2)C1. The summed E-state index contributed by atoms with van der Waals surface area (Å²) in [4.78, 5) is 42.8. The first kappa shape index (κ1) is 25.4. The predicted octanol–water partition coefficient (Wildman–Crippen LogP) is 3.62. The van der Waals surface area contributed by atoms with Gasteiger partial charge in [-0.2, -0.15) is 5.10 Å². The van der Waals surface area contributed by atoms with E-state index < -0.39 is 12.1 Å². The molecule has 2 N–H and O–H groups in total. The third-order valence-electron chi connectivity index (χ3n) is 6.57. The molecule has 0 spiro atoms. The quantitative estimate of drug-likeness (QED) is 0.388. The van der Waals surface area contributed by atoms with E-state index in [2.05, 4.69) is 20.5 Å². The van der Waals surface area contributed by atoms with Crippen molar-refractivity contribution in [2.75, 3.05) is 20.2 Å². The molecular formula is C27H27N5O5S. The van der Waals surface area contributed by atoms with Crippen molar-refractivity contribution < 1.29 is 19.1 Å². The second-order valence-corrected chi connectivity index (χ2v) is 10.1. The number of nitrogens with one attached hydrogen (secondary N) is 2. The Hall–Kier alpha value is -4.25. The van der Waals surface area contributed by atoms with Crippen LogP contribution in [0.15, 0.2) is 59.4 Å². The van der Waals surface area contributed by atoms with E-state index in [0.717, 1.165) is 33.5 Å². The molecule has 1 fully saturated rings. The lowest BCUT2D eigenvalue weighted by molar-refractivity contribution is 0.0837. The number of methoxy groups -OCH3 is 1. The van der Waals surface area contributed by atoms with Crippen LogP contribution >= 0.6 is 11.3 Å². The maximum atomic E-state index is 13.1. The molecule has 2 aromatic carbocycles. The number of pyridine rings is 1. The first-order chi connectivity index (χ1) is 18.4. The number of carbonyl (C=O) groups is 2. The van der Waals surface area contributed by atoms with Crippen LogP contribution in [-0.4, -0.2) is 58.3 Å². The molecule has 1 saturated heterocycles. The van der Waals surface area contributed by atoms with Gasteiger partial charge in [0.1, 0.15) is 17.4 Å². The number of piperidine rings is 1. The lowest BCUT2D eigenvalue weighted by atomic mass is 9.92. The fraction of sp³-hybridized carbons (Fsp3) is 0.296. The Labute approximate surface area is 222 Å². The molecule has 0 bridgehead atoms. The summed E-state index contributed by atoms with van der Waals surface area (Å²) in [6.45, 7) is 3.01. The van der Waals surface area contributed by atoms with E-state index in [0.29, 0.717) is 35.9 Å². The van der Waals surface area contributed by atoms with E-state index in [1.807, 2.05) is 37.3 Å². The van der Waals surface area contributed by atoms with Crippen molar-refractivity contribution in [3.8, 4) is 5.75 Å². The topological polar surface area (TPSA) is 127 Å². The standard InChI is InChI=1S/C27H27N5O5S/c1-16-13-18(20-5-3-4-6-22(20)28-16)15-37-19-9-7-17(8-10-19)24(33)29-23-14-32(27(35)36-2)12-11-21(23)25-30-31-26(34)38-25/h3-10,13,21,23H,11-12,14-15H2,1-2H3,(H,29,33)(H,31,34). The Kier molecular flexibility index (Phi) is 7.36. The number of hydrogen-bond acceptors (Lipinski definition) is 8. The van der Waals surface area contributed by atoms with Crippen LogP contribution < -0.4 is 14.9 Å². The molecule has 2 amide bonds. The van der Waals surface area contributed by atoms with E-state index in [1.165, 1.54) is 7.11 Å².